The van der Waals surface area contributed by atoms with Gasteiger partial charge in [-0.1, -0.05) is 41.9 Å². The molecule has 1 N–H and O–H groups in total. The number of thiazole rings is 1. The Kier molecular flexibility index (Phi) is 5.65. The summed E-state index contributed by atoms with van der Waals surface area (Å²) >= 11 is 7.66. The summed E-state index contributed by atoms with van der Waals surface area (Å²) in [5.74, 6) is 0.166. The quantitative estimate of drug-likeness (QED) is 0.502. The molecular weight excluding hydrogens is 420 g/mol. The van der Waals surface area contributed by atoms with Crippen LogP contribution in [0, 0.1) is 13.8 Å². The highest BCUT2D eigenvalue weighted by molar-refractivity contribution is 7.15. The van der Waals surface area contributed by atoms with Crippen LogP contribution in [-0.2, 0) is 17.8 Å². The largest absolute Gasteiger partial charge is 0.300 e. The summed E-state index contributed by atoms with van der Waals surface area (Å²) in [6.45, 7) is 3.50. The van der Waals surface area contributed by atoms with Crippen molar-refractivity contribution in [2.24, 2.45) is 0 Å². The highest BCUT2D eigenvalue weighted by atomic mass is 35.5. The van der Waals surface area contributed by atoms with Crippen LogP contribution in [0.1, 0.15) is 22.0 Å². The molecule has 6 nitrogen and oxygen atoms in total. The fourth-order valence-corrected chi connectivity index (χ4v) is 4.43. The lowest BCUT2D eigenvalue weighted by molar-refractivity contribution is -0.116. The number of fused-ring (bicyclic) bond motifs is 1. The predicted molar refractivity (Wildman–Crippen MR) is 120 cm³/mol. The number of rotatable bonds is 5. The van der Waals surface area contributed by atoms with Crippen LogP contribution in [0.5, 0.6) is 0 Å². The second-order valence-corrected chi connectivity index (χ2v) is 8.40. The fraction of sp³-hybridized carbons (Fsp3) is 0.182. The number of halogens is 1. The molecule has 4 aromatic rings. The van der Waals surface area contributed by atoms with Crippen molar-refractivity contribution in [3.8, 4) is 0 Å². The average molecular weight is 439 g/mol. The minimum absolute atomic E-state index is 0.124. The summed E-state index contributed by atoms with van der Waals surface area (Å²) in [7, 11) is 0. The van der Waals surface area contributed by atoms with Gasteiger partial charge in [0.1, 0.15) is 12.4 Å². The van der Waals surface area contributed by atoms with Gasteiger partial charge in [-0.3, -0.25) is 14.2 Å². The number of carbonyl (C=O) groups is 1. The van der Waals surface area contributed by atoms with Gasteiger partial charge in [-0.25, -0.2) is 9.97 Å². The predicted octanol–water partition coefficient (Wildman–Crippen LogP) is 4.35. The summed E-state index contributed by atoms with van der Waals surface area (Å²) in [6, 6.07) is 14.8. The number of para-hydroxylation sites is 1. The number of carbonyl (C=O) groups excluding carboxylic acids is 1. The van der Waals surface area contributed by atoms with E-state index in [2.05, 4.69) is 15.3 Å². The Morgan fingerprint density at radius 3 is 2.63 bits per heavy atom. The minimum atomic E-state index is -0.324. The molecule has 0 aliphatic rings. The van der Waals surface area contributed by atoms with Crippen molar-refractivity contribution in [2.45, 2.75) is 26.8 Å². The van der Waals surface area contributed by atoms with Crippen molar-refractivity contribution in [3.05, 3.63) is 85.9 Å². The van der Waals surface area contributed by atoms with Crippen molar-refractivity contribution in [2.75, 3.05) is 5.32 Å². The molecule has 0 unspecified atom stereocenters. The zero-order valence-corrected chi connectivity index (χ0v) is 18.0. The molecule has 8 heteroatoms. The summed E-state index contributed by atoms with van der Waals surface area (Å²) in [5.41, 5.74) is 2.24. The van der Waals surface area contributed by atoms with Crippen LogP contribution in [0.15, 0.2) is 53.3 Å². The van der Waals surface area contributed by atoms with Gasteiger partial charge in [0.05, 0.1) is 16.6 Å². The van der Waals surface area contributed by atoms with E-state index in [4.69, 9.17) is 11.6 Å². The molecule has 30 heavy (non-hydrogen) atoms. The first-order valence-corrected chi connectivity index (χ1v) is 10.6. The molecule has 152 valence electrons. The van der Waals surface area contributed by atoms with Gasteiger partial charge in [0.25, 0.3) is 5.56 Å². The van der Waals surface area contributed by atoms with Crippen LogP contribution < -0.4 is 10.9 Å². The van der Waals surface area contributed by atoms with Gasteiger partial charge in [0.15, 0.2) is 5.13 Å². The molecular formula is C22H19ClN4O2S. The molecule has 0 saturated heterocycles. The zero-order valence-electron chi connectivity index (χ0n) is 16.5. The van der Waals surface area contributed by atoms with Crippen LogP contribution in [-0.4, -0.2) is 20.4 Å². The molecule has 2 heterocycles. The number of aryl methyl sites for hydroxylation is 2. The third kappa shape index (κ3) is 4.13. The highest BCUT2D eigenvalue weighted by Gasteiger charge is 2.15. The molecule has 2 aromatic carbocycles. The van der Waals surface area contributed by atoms with Crippen LogP contribution in [0.3, 0.4) is 0 Å². The van der Waals surface area contributed by atoms with Gasteiger partial charge in [-0.2, -0.15) is 0 Å². The Morgan fingerprint density at radius 2 is 1.83 bits per heavy atom. The van der Waals surface area contributed by atoms with Crippen molar-refractivity contribution in [3.63, 3.8) is 0 Å². The smallest absolute Gasteiger partial charge is 0.261 e. The lowest BCUT2D eigenvalue weighted by Gasteiger charge is -2.10. The van der Waals surface area contributed by atoms with E-state index in [1.54, 1.807) is 25.1 Å². The van der Waals surface area contributed by atoms with E-state index in [9.17, 15) is 9.59 Å². The molecule has 0 radical (unpaired) electrons. The third-order valence-corrected chi connectivity index (χ3v) is 6.24. The van der Waals surface area contributed by atoms with E-state index in [1.165, 1.54) is 15.9 Å². The Bertz CT molecular complexity index is 1310. The summed E-state index contributed by atoms with van der Waals surface area (Å²) in [6.07, 6.45) is 0.645. The van der Waals surface area contributed by atoms with E-state index >= 15 is 0 Å². The van der Waals surface area contributed by atoms with Gasteiger partial charge in [-0.15, -0.1) is 11.3 Å². The lowest BCUT2D eigenvalue weighted by atomic mass is 10.1. The SMILES string of the molecule is Cc1nc(NC(=O)Cn2c(C)nc3ccccc3c2=O)sc1Cc1ccccc1Cl. The molecule has 0 spiro atoms. The van der Waals surface area contributed by atoms with Crippen LogP contribution in [0.25, 0.3) is 10.9 Å². The van der Waals surface area contributed by atoms with Crippen LogP contribution in [0.2, 0.25) is 5.02 Å². The molecule has 0 aliphatic carbocycles. The first kappa shape index (κ1) is 20.3. The Balaban J connectivity index is 1.52. The molecule has 4 rings (SSSR count). The Hall–Kier alpha value is -3.03. The normalized spacial score (nSPS) is 11.0. The molecule has 1 amide bonds. The first-order valence-electron chi connectivity index (χ1n) is 9.38. The van der Waals surface area contributed by atoms with E-state index < -0.39 is 0 Å². The standard InChI is InChI=1S/C22H19ClN4O2S/c1-13-19(11-15-7-3-5-9-17(15)23)30-22(24-13)26-20(28)12-27-14(2)25-18-10-6-4-8-16(18)21(27)29/h3-10H,11-12H2,1-2H3,(H,24,26,28). The monoisotopic (exact) mass is 438 g/mol. The van der Waals surface area contributed by atoms with Crippen molar-refractivity contribution < 1.29 is 4.79 Å². The number of hydrogen-bond acceptors (Lipinski definition) is 5. The number of nitrogens with one attached hydrogen (secondary N) is 1. The van der Waals surface area contributed by atoms with E-state index in [-0.39, 0.29) is 18.0 Å². The van der Waals surface area contributed by atoms with E-state index in [1.807, 2.05) is 37.3 Å². The summed E-state index contributed by atoms with van der Waals surface area (Å²) in [4.78, 5) is 35.3. The number of nitrogens with zero attached hydrogens (tertiary/aromatic N) is 3. The number of aromatic nitrogens is 3. The van der Waals surface area contributed by atoms with E-state index in [0.29, 0.717) is 33.3 Å². The van der Waals surface area contributed by atoms with Gasteiger partial charge >= 0.3 is 0 Å². The average Bonchev–Trinajstić information content (AvgIpc) is 3.05. The van der Waals surface area contributed by atoms with Crippen molar-refractivity contribution >= 4 is 44.9 Å². The number of hydrogen-bond donors (Lipinski definition) is 1. The van der Waals surface area contributed by atoms with Crippen molar-refractivity contribution in [1.29, 1.82) is 0 Å². The first-order chi connectivity index (χ1) is 14.4. The fourth-order valence-electron chi connectivity index (χ4n) is 3.23. The third-order valence-electron chi connectivity index (χ3n) is 4.80. The molecule has 2 aromatic heterocycles. The molecule has 0 atom stereocenters. The second kappa shape index (κ2) is 8.38. The maximum absolute atomic E-state index is 12.7. The zero-order chi connectivity index (χ0) is 21.3. The summed E-state index contributed by atoms with van der Waals surface area (Å²) in [5, 5.41) is 4.49. The minimum Gasteiger partial charge on any atom is -0.300 e. The lowest BCUT2D eigenvalue weighted by Crippen LogP contribution is -2.30. The Morgan fingerprint density at radius 1 is 1.10 bits per heavy atom. The number of benzene rings is 2. The van der Waals surface area contributed by atoms with Gasteiger partial charge < -0.3 is 5.32 Å². The molecule has 0 fully saturated rings. The topological polar surface area (TPSA) is 76.9 Å². The van der Waals surface area contributed by atoms with Gasteiger partial charge in [0.2, 0.25) is 5.91 Å². The van der Waals surface area contributed by atoms with Crippen LogP contribution in [0.4, 0.5) is 5.13 Å². The Labute approximate surface area is 182 Å². The summed E-state index contributed by atoms with van der Waals surface area (Å²) < 4.78 is 1.38. The van der Waals surface area contributed by atoms with E-state index in [0.717, 1.165) is 16.1 Å². The van der Waals surface area contributed by atoms with Crippen LogP contribution >= 0.6 is 22.9 Å². The van der Waals surface area contributed by atoms with Gasteiger partial charge in [0, 0.05) is 16.3 Å². The molecule has 0 aliphatic heterocycles. The maximum Gasteiger partial charge on any atom is 0.261 e. The van der Waals surface area contributed by atoms with Gasteiger partial charge in [-0.05, 0) is 37.6 Å². The number of anilines is 1. The van der Waals surface area contributed by atoms with Crippen molar-refractivity contribution in [1.82, 2.24) is 14.5 Å². The molecule has 0 bridgehead atoms. The highest BCUT2D eigenvalue weighted by Crippen LogP contribution is 2.27. The number of amides is 1. The second-order valence-electron chi connectivity index (χ2n) is 6.91. The molecule has 0 saturated carbocycles. The maximum atomic E-state index is 12.7.